The molecule has 3 aromatic rings. The van der Waals surface area contributed by atoms with Gasteiger partial charge in [-0.1, -0.05) is 34.1 Å². The Hall–Kier alpha value is -1.61. The van der Waals surface area contributed by atoms with Crippen molar-refractivity contribution in [2.45, 2.75) is 0 Å². The molecule has 0 saturated heterocycles. The van der Waals surface area contributed by atoms with Crippen molar-refractivity contribution in [2.75, 3.05) is 0 Å². The van der Waals surface area contributed by atoms with Gasteiger partial charge in [0.05, 0.1) is 11.0 Å². The Balaban J connectivity index is 2.26. The SMILES string of the molecule is Brc1ccc2c(c1)ncn2-c1ccccc1. The predicted octanol–water partition coefficient (Wildman–Crippen LogP) is 3.79. The summed E-state index contributed by atoms with van der Waals surface area (Å²) in [7, 11) is 0. The molecule has 0 amide bonds. The van der Waals surface area contributed by atoms with Gasteiger partial charge in [-0.2, -0.15) is 0 Å². The van der Waals surface area contributed by atoms with E-state index in [4.69, 9.17) is 0 Å². The van der Waals surface area contributed by atoms with Crippen molar-refractivity contribution >= 4 is 27.0 Å². The third-order valence-corrected chi connectivity index (χ3v) is 3.04. The molecule has 0 unspecified atom stereocenters. The van der Waals surface area contributed by atoms with E-state index >= 15 is 0 Å². The molecule has 0 aliphatic carbocycles. The molecule has 0 atom stereocenters. The third kappa shape index (κ3) is 1.53. The van der Waals surface area contributed by atoms with E-state index in [9.17, 15) is 0 Å². The summed E-state index contributed by atoms with van der Waals surface area (Å²) in [4.78, 5) is 4.39. The van der Waals surface area contributed by atoms with Gasteiger partial charge in [0.25, 0.3) is 0 Å². The first-order valence-corrected chi connectivity index (χ1v) is 5.82. The van der Waals surface area contributed by atoms with Gasteiger partial charge in [0, 0.05) is 10.2 Å². The first-order chi connectivity index (χ1) is 7.84. The summed E-state index contributed by atoms with van der Waals surface area (Å²) >= 11 is 3.45. The van der Waals surface area contributed by atoms with E-state index < -0.39 is 0 Å². The van der Waals surface area contributed by atoms with E-state index in [-0.39, 0.29) is 0 Å². The molecule has 0 bridgehead atoms. The van der Waals surface area contributed by atoms with Crippen molar-refractivity contribution in [3.05, 3.63) is 59.3 Å². The molecule has 0 saturated carbocycles. The van der Waals surface area contributed by atoms with Crippen molar-refractivity contribution < 1.29 is 0 Å². The van der Waals surface area contributed by atoms with Crippen LogP contribution < -0.4 is 0 Å². The molecule has 0 aliphatic rings. The summed E-state index contributed by atoms with van der Waals surface area (Å²) in [5.41, 5.74) is 3.25. The molecule has 78 valence electrons. The largest absolute Gasteiger partial charge is 0.299 e. The van der Waals surface area contributed by atoms with Gasteiger partial charge in [-0.15, -0.1) is 0 Å². The van der Waals surface area contributed by atoms with Crippen LogP contribution >= 0.6 is 15.9 Å². The Kier molecular flexibility index (Phi) is 2.26. The van der Waals surface area contributed by atoms with Crippen LogP contribution in [-0.4, -0.2) is 9.55 Å². The molecular weight excluding hydrogens is 264 g/mol. The molecule has 0 aliphatic heterocycles. The molecule has 0 fully saturated rings. The molecule has 16 heavy (non-hydrogen) atoms. The maximum absolute atomic E-state index is 4.39. The van der Waals surface area contributed by atoms with E-state index in [1.165, 1.54) is 0 Å². The second-order valence-electron chi connectivity index (χ2n) is 3.58. The Labute approximate surface area is 102 Å². The van der Waals surface area contributed by atoms with Gasteiger partial charge >= 0.3 is 0 Å². The summed E-state index contributed by atoms with van der Waals surface area (Å²) in [6.07, 6.45) is 1.85. The van der Waals surface area contributed by atoms with Crippen LogP contribution in [0.5, 0.6) is 0 Å². The second kappa shape index (κ2) is 3.76. The zero-order chi connectivity index (χ0) is 11.0. The number of hydrogen-bond acceptors (Lipinski definition) is 1. The summed E-state index contributed by atoms with van der Waals surface area (Å²) in [5, 5.41) is 0. The molecule has 3 rings (SSSR count). The summed E-state index contributed by atoms with van der Waals surface area (Å²) in [5.74, 6) is 0. The van der Waals surface area contributed by atoms with Crippen LogP contribution in [0.3, 0.4) is 0 Å². The van der Waals surface area contributed by atoms with Crippen LogP contribution in [0.15, 0.2) is 59.3 Å². The summed E-state index contributed by atoms with van der Waals surface area (Å²) < 4.78 is 3.14. The highest BCUT2D eigenvalue weighted by Gasteiger charge is 2.03. The van der Waals surface area contributed by atoms with E-state index in [1.807, 2.05) is 36.7 Å². The van der Waals surface area contributed by atoms with Gasteiger partial charge in [0.1, 0.15) is 6.33 Å². The average molecular weight is 273 g/mol. The minimum Gasteiger partial charge on any atom is -0.299 e. The quantitative estimate of drug-likeness (QED) is 0.659. The summed E-state index contributed by atoms with van der Waals surface area (Å²) in [6, 6.07) is 16.3. The molecule has 1 aromatic heterocycles. The van der Waals surface area contributed by atoms with Crippen molar-refractivity contribution in [3.8, 4) is 5.69 Å². The molecule has 0 spiro atoms. The van der Waals surface area contributed by atoms with Crippen LogP contribution in [0.4, 0.5) is 0 Å². The second-order valence-corrected chi connectivity index (χ2v) is 4.50. The minimum absolute atomic E-state index is 0.998. The van der Waals surface area contributed by atoms with Crippen LogP contribution in [0, 0.1) is 0 Å². The Morgan fingerprint density at radius 2 is 1.81 bits per heavy atom. The van der Waals surface area contributed by atoms with Crippen molar-refractivity contribution in [3.63, 3.8) is 0 Å². The number of aromatic nitrogens is 2. The maximum atomic E-state index is 4.39. The standard InChI is InChI=1S/C13H9BrN2/c14-10-6-7-13-12(8-10)15-9-16(13)11-4-2-1-3-5-11/h1-9H. The number of hydrogen-bond donors (Lipinski definition) is 0. The molecule has 1 heterocycles. The summed E-state index contributed by atoms with van der Waals surface area (Å²) in [6.45, 7) is 0. The van der Waals surface area contributed by atoms with Gasteiger partial charge in [-0.3, -0.25) is 4.57 Å². The fourth-order valence-electron chi connectivity index (χ4n) is 1.78. The Morgan fingerprint density at radius 3 is 2.62 bits per heavy atom. The van der Waals surface area contributed by atoms with Crippen molar-refractivity contribution in [1.82, 2.24) is 9.55 Å². The Morgan fingerprint density at radius 1 is 1.00 bits per heavy atom. The number of para-hydroxylation sites is 1. The topological polar surface area (TPSA) is 17.8 Å². The number of nitrogens with zero attached hydrogens (tertiary/aromatic N) is 2. The lowest BCUT2D eigenvalue weighted by Gasteiger charge is -2.03. The lowest BCUT2D eigenvalue weighted by Crippen LogP contribution is -1.90. The van der Waals surface area contributed by atoms with Gasteiger partial charge in [0.2, 0.25) is 0 Å². The third-order valence-electron chi connectivity index (χ3n) is 2.54. The number of imidazole rings is 1. The predicted molar refractivity (Wildman–Crippen MR) is 68.8 cm³/mol. The zero-order valence-electron chi connectivity index (χ0n) is 8.47. The maximum Gasteiger partial charge on any atom is 0.100 e. The van der Waals surface area contributed by atoms with Gasteiger partial charge in [-0.25, -0.2) is 4.98 Å². The normalized spacial score (nSPS) is 10.8. The van der Waals surface area contributed by atoms with E-state index in [1.54, 1.807) is 0 Å². The number of rotatable bonds is 1. The monoisotopic (exact) mass is 272 g/mol. The molecule has 2 aromatic carbocycles. The molecule has 0 N–H and O–H groups in total. The van der Waals surface area contributed by atoms with Crippen molar-refractivity contribution in [2.24, 2.45) is 0 Å². The van der Waals surface area contributed by atoms with E-state index in [0.717, 1.165) is 21.2 Å². The molecular formula is C13H9BrN2. The zero-order valence-corrected chi connectivity index (χ0v) is 10.1. The van der Waals surface area contributed by atoms with E-state index in [2.05, 4.69) is 43.7 Å². The van der Waals surface area contributed by atoms with Crippen molar-refractivity contribution in [1.29, 1.82) is 0 Å². The number of halogens is 1. The lowest BCUT2D eigenvalue weighted by atomic mass is 10.3. The Bertz CT molecular complexity index is 629. The number of fused-ring (bicyclic) bond motifs is 1. The number of benzene rings is 2. The van der Waals surface area contributed by atoms with Gasteiger partial charge in [0.15, 0.2) is 0 Å². The molecule has 3 heteroatoms. The smallest absolute Gasteiger partial charge is 0.100 e. The van der Waals surface area contributed by atoms with E-state index in [0.29, 0.717) is 0 Å². The van der Waals surface area contributed by atoms with Gasteiger partial charge < -0.3 is 0 Å². The first-order valence-electron chi connectivity index (χ1n) is 5.02. The minimum atomic E-state index is 0.998. The fraction of sp³-hybridized carbons (Fsp3) is 0. The average Bonchev–Trinajstić information content (AvgIpc) is 2.73. The van der Waals surface area contributed by atoms with Crippen LogP contribution in [0.2, 0.25) is 0 Å². The highest BCUT2D eigenvalue weighted by Crippen LogP contribution is 2.21. The highest BCUT2D eigenvalue weighted by molar-refractivity contribution is 9.10. The van der Waals surface area contributed by atoms with Crippen LogP contribution in [0.25, 0.3) is 16.7 Å². The van der Waals surface area contributed by atoms with Crippen LogP contribution in [-0.2, 0) is 0 Å². The fourth-order valence-corrected chi connectivity index (χ4v) is 2.13. The molecule has 0 radical (unpaired) electrons. The highest BCUT2D eigenvalue weighted by atomic mass is 79.9. The van der Waals surface area contributed by atoms with Gasteiger partial charge in [-0.05, 0) is 30.3 Å². The molecule has 2 nitrogen and oxygen atoms in total. The lowest BCUT2D eigenvalue weighted by molar-refractivity contribution is 1.09. The first kappa shape index (κ1) is 9.60. The van der Waals surface area contributed by atoms with Crippen LogP contribution in [0.1, 0.15) is 0 Å².